The summed E-state index contributed by atoms with van der Waals surface area (Å²) in [6.07, 6.45) is 3.66. The minimum absolute atomic E-state index is 0.0182. The van der Waals surface area contributed by atoms with Crippen molar-refractivity contribution < 1.29 is 0 Å². The lowest BCUT2D eigenvalue weighted by atomic mass is 9.81. The highest BCUT2D eigenvalue weighted by atomic mass is 15.0. The molecule has 4 nitrogen and oxygen atoms in total. The molecule has 6 aromatic carbocycles. The van der Waals surface area contributed by atoms with Crippen molar-refractivity contribution in [2.45, 2.75) is 19.3 Å². The highest BCUT2D eigenvalue weighted by Gasteiger charge is 2.35. The van der Waals surface area contributed by atoms with Gasteiger partial charge in [-0.1, -0.05) is 159 Å². The van der Waals surface area contributed by atoms with Crippen molar-refractivity contribution in [1.29, 1.82) is 0 Å². The molecule has 0 unspecified atom stereocenters. The molecule has 0 saturated heterocycles. The summed E-state index contributed by atoms with van der Waals surface area (Å²) < 4.78 is 0. The molecular weight excluding hydrogens is 621 g/mol. The van der Waals surface area contributed by atoms with E-state index in [2.05, 4.69) is 140 Å². The van der Waals surface area contributed by atoms with Crippen LogP contribution in [-0.2, 0) is 5.41 Å². The number of benzene rings is 6. The Morgan fingerprint density at radius 3 is 1.35 bits per heavy atom. The molecule has 0 spiro atoms. The zero-order valence-electron chi connectivity index (χ0n) is 28.5. The molecule has 0 radical (unpaired) electrons. The molecule has 9 rings (SSSR count). The number of fused-ring (bicyclic) bond motifs is 3. The van der Waals surface area contributed by atoms with Crippen molar-refractivity contribution in [3.8, 4) is 78.7 Å². The van der Waals surface area contributed by atoms with Crippen LogP contribution in [-0.4, -0.2) is 19.9 Å². The summed E-state index contributed by atoms with van der Waals surface area (Å²) in [6.45, 7) is 4.66. The number of aromatic nitrogens is 4. The van der Waals surface area contributed by atoms with Crippen LogP contribution < -0.4 is 0 Å². The molecule has 8 aromatic rings. The fraction of sp³-hybridized carbons (Fsp3) is 0.0638. The molecule has 2 heterocycles. The Bertz CT molecular complexity index is 2500. The van der Waals surface area contributed by atoms with Crippen LogP contribution in [0.1, 0.15) is 25.0 Å². The van der Waals surface area contributed by atoms with Gasteiger partial charge in [-0.2, -0.15) is 0 Å². The summed E-state index contributed by atoms with van der Waals surface area (Å²) in [5.74, 6) is 1.92. The molecule has 0 atom stereocenters. The van der Waals surface area contributed by atoms with Crippen molar-refractivity contribution in [3.63, 3.8) is 0 Å². The zero-order valence-corrected chi connectivity index (χ0v) is 28.5. The molecule has 4 heteroatoms. The van der Waals surface area contributed by atoms with Crippen molar-refractivity contribution in [2.24, 2.45) is 0 Å². The lowest BCUT2D eigenvalue weighted by molar-refractivity contribution is 0.660. The highest BCUT2D eigenvalue weighted by Crippen LogP contribution is 2.49. The van der Waals surface area contributed by atoms with Crippen molar-refractivity contribution >= 4 is 0 Å². The van der Waals surface area contributed by atoms with Crippen LogP contribution in [0.2, 0.25) is 0 Å². The fourth-order valence-corrected chi connectivity index (χ4v) is 7.25. The van der Waals surface area contributed by atoms with Gasteiger partial charge in [0.1, 0.15) is 0 Å². The summed E-state index contributed by atoms with van der Waals surface area (Å²) in [6, 6.07) is 55.4. The molecule has 2 aromatic heterocycles. The van der Waals surface area contributed by atoms with Crippen molar-refractivity contribution in [3.05, 3.63) is 181 Å². The minimum atomic E-state index is -0.0182. The first-order valence-corrected chi connectivity index (χ1v) is 17.3. The van der Waals surface area contributed by atoms with Gasteiger partial charge in [0.25, 0.3) is 0 Å². The molecule has 0 N–H and O–H groups in total. The van der Waals surface area contributed by atoms with Crippen LogP contribution in [0, 0.1) is 0 Å². The van der Waals surface area contributed by atoms with Gasteiger partial charge in [-0.05, 0) is 67.8 Å². The van der Waals surface area contributed by atoms with Crippen LogP contribution in [0.4, 0.5) is 0 Å². The second kappa shape index (κ2) is 12.4. The Labute approximate surface area is 298 Å². The van der Waals surface area contributed by atoms with Gasteiger partial charge in [0.2, 0.25) is 0 Å². The average molecular weight is 655 g/mol. The highest BCUT2D eigenvalue weighted by molar-refractivity contribution is 5.84. The molecule has 242 valence electrons. The monoisotopic (exact) mass is 654 g/mol. The molecule has 1 aliphatic rings. The SMILES string of the molecule is CC1(C)c2ccccc2-c2ccc(-c3ccc(-c4ccc(-c5nc(-c6ccccc6)nc(-c6ccc(-c7cccnc7)cc6)n5)cc4)cc3)cc21. The molecule has 0 fully saturated rings. The first kappa shape index (κ1) is 30.5. The van der Waals surface area contributed by atoms with Crippen LogP contribution in [0.3, 0.4) is 0 Å². The third-order valence-electron chi connectivity index (χ3n) is 10.1. The quantitative estimate of drug-likeness (QED) is 0.179. The van der Waals surface area contributed by atoms with Gasteiger partial charge in [-0.25, -0.2) is 15.0 Å². The largest absolute Gasteiger partial charge is 0.264 e. The maximum absolute atomic E-state index is 4.96. The van der Waals surface area contributed by atoms with Crippen molar-refractivity contribution in [1.82, 2.24) is 19.9 Å². The first-order valence-electron chi connectivity index (χ1n) is 17.3. The van der Waals surface area contributed by atoms with Crippen LogP contribution in [0.25, 0.3) is 78.7 Å². The predicted molar refractivity (Wildman–Crippen MR) is 208 cm³/mol. The number of rotatable bonds is 6. The van der Waals surface area contributed by atoms with Gasteiger partial charge < -0.3 is 0 Å². The third kappa shape index (κ3) is 5.61. The maximum Gasteiger partial charge on any atom is 0.164 e. The van der Waals surface area contributed by atoms with E-state index < -0.39 is 0 Å². The van der Waals surface area contributed by atoms with Gasteiger partial charge >= 0.3 is 0 Å². The second-order valence-electron chi connectivity index (χ2n) is 13.6. The van der Waals surface area contributed by atoms with E-state index in [9.17, 15) is 0 Å². The van der Waals surface area contributed by atoms with Crippen LogP contribution >= 0.6 is 0 Å². The average Bonchev–Trinajstić information content (AvgIpc) is 3.44. The Hall–Kier alpha value is -6.52. The van der Waals surface area contributed by atoms with E-state index in [0.29, 0.717) is 17.5 Å². The van der Waals surface area contributed by atoms with E-state index in [4.69, 9.17) is 15.0 Å². The molecule has 51 heavy (non-hydrogen) atoms. The number of hydrogen-bond acceptors (Lipinski definition) is 4. The van der Waals surface area contributed by atoms with E-state index in [0.717, 1.165) is 38.9 Å². The van der Waals surface area contributed by atoms with Gasteiger partial charge in [0.05, 0.1) is 0 Å². The van der Waals surface area contributed by atoms with E-state index in [1.54, 1.807) is 6.20 Å². The zero-order chi connectivity index (χ0) is 34.4. The Kier molecular flexibility index (Phi) is 7.44. The van der Waals surface area contributed by atoms with Gasteiger partial charge in [-0.15, -0.1) is 0 Å². The van der Waals surface area contributed by atoms with E-state index >= 15 is 0 Å². The predicted octanol–water partition coefficient (Wildman–Crippen LogP) is 11.6. The summed E-state index contributed by atoms with van der Waals surface area (Å²) in [7, 11) is 0. The van der Waals surface area contributed by atoms with E-state index in [-0.39, 0.29) is 5.41 Å². The fourth-order valence-electron chi connectivity index (χ4n) is 7.25. The molecular formula is C47H34N4. The Morgan fingerprint density at radius 2 is 0.784 bits per heavy atom. The first-order chi connectivity index (χ1) is 25.0. The maximum atomic E-state index is 4.96. The Morgan fingerprint density at radius 1 is 0.353 bits per heavy atom. The number of nitrogens with zero attached hydrogens (tertiary/aromatic N) is 4. The lowest BCUT2D eigenvalue weighted by Crippen LogP contribution is -2.14. The normalized spacial score (nSPS) is 12.7. The van der Waals surface area contributed by atoms with Crippen LogP contribution in [0.5, 0.6) is 0 Å². The van der Waals surface area contributed by atoms with Gasteiger partial charge in [0.15, 0.2) is 17.5 Å². The molecule has 0 saturated carbocycles. The topological polar surface area (TPSA) is 51.6 Å². The summed E-state index contributed by atoms with van der Waals surface area (Å²) in [5.41, 5.74) is 15.2. The second-order valence-corrected chi connectivity index (χ2v) is 13.6. The molecule has 0 aliphatic heterocycles. The van der Waals surface area contributed by atoms with E-state index in [1.165, 1.54) is 33.4 Å². The minimum Gasteiger partial charge on any atom is -0.264 e. The van der Waals surface area contributed by atoms with Gasteiger partial charge in [0, 0.05) is 34.5 Å². The Balaban J connectivity index is 1.01. The van der Waals surface area contributed by atoms with E-state index in [1.807, 2.05) is 42.6 Å². The summed E-state index contributed by atoms with van der Waals surface area (Å²) >= 11 is 0. The van der Waals surface area contributed by atoms with Crippen LogP contribution in [0.15, 0.2) is 170 Å². The molecule has 0 bridgehead atoms. The van der Waals surface area contributed by atoms with Gasteiger partial charge in [-0.3, -0.25) is 4.98 Å². The summed E-state index contributed by atoms with van der Waals surface area (Å²) in [5, 5.41) is 0. The standard InChI is InChI=1S/C47H34N4/c1-47(2)42-13-7-6-12-40(42)41-27-26-38(29-43(41)47)33-16-14-31(15-17-33)32-18-22-36(23-19-32)45-49-44(35-9-4-3-5-10-35)50-46(51-45)37-24-20-34(21-25-37)39-11-8-28-48-30-39/h3-30H,1-2H3. The van der Waals surface area contributed by atoms with Crippen molar-refractivity contribution in [2.75, 3.05) is 0 Å². The number of pyridine rings is 1. The summed E-state index contributed by atoms with van der Waals surface area (Å²) in [4.78, 5) is 19.1. The smallest absolute Gasteiger partial charge is 0.164 e. The third-order valence-corrected chi connectivity index (χ3v) is 10.1. The molecule has 1 aliphatic carbocycles. The number of hydrogen-bond donors (Lipinski definition) is 0. The lowest BCUT2D eigenvalue weighted by Gasteiger charge is -2.22. The molecule has 0 amide bonds.